The van der Waals surface area contributed by atoms with Gasteiger partial charge in [0, 0.05) is 5.92 Å². The molecule has 0 aliphatic carbocycles. The minimum atomic E-state index is 0.580. The van der Waals surface area contributed by atoms with Gasteiger partial charge in [0.15, 0.2) is 0 Å². The highest BCUT2D eigenvalue weighted by Gasteiger charge is 2.29. The Labute approximate surface area is 129 Å². The van der Waals surface area contributed by atoms with Gasteiger partial charge in [0.05, 0.1) is 0 Å². The Bertz CT molecular complexity index is 488. The molecule has 0 fully saturated rings. The smallest absolute Gasteiger partial charge is 0.241 e. The van der Waals surface area contributed by atoms with Crippen molar-refractivity contribution >= 4 is 0 Å². The zero-order valence-corrected chi connectivity index (χ0v) is 13.6. The van der Waals surface area contributed by atoms with Crippen LogP contribution in [0.1, 0.15) is 51.6 Å². The molecular formula is C19H29N2+. The topological polar surface area (TPSA) is 19.7 Å². The molecule has 2 nitrogen and oxygen atoms in total. The summed E-state index contributed by atoms with van der Waals surface area (Å²) in [7, 11) is 0. The van der Waals surface area contributed by atoms with E-state index in [0.717, 1.165) is 6.42 Å². The first kappa shape index (κ1) is 15.8. The first-order chi connectivity index (χ1) is 10.2. The number of benzene rings is 1. The van der Waals surface area contributed by atoms with E-state index in [-0.39, 0.29) is 0 Å². The number of aromatic nitrogens is 2. The van der Waals surface area contributed by atoms with Crippen molar-refractivity contribution in [3.05, 3.63) is 54.6 Å². The van der Waals surface area contributed by atoms with Crippen molar-refractivity contribution in [2.75, 3.05) is 0 Å². The highest BCUT2D eigenvalue weighted by atomic mass is 15.1. The average molecular weight is 285 g/mol. The Hall–Kier alpha value is -1.57. The van der Waals surface area contributed by atoms with Gasteiger partial charge in [-0.15, -0.1) is 0 Å². The predicted octanol–water partition coefficient (Wildman–Crippen LogP) is 4.55. The van der Waals surface area contributed by atoms with E-state index >= 15 is 0 Å². The van der Waals surface area contributed by atoms with Crippen LogP contribution < -0.4 is 4.57 Å². The summed E-state index contributed by atoms with van der Waals surface area (Å²) in [6.45, 7) is 7.00. The molecule has 2 heteroatoms. The van der Waals surface area contributed by atoms with Gasteiger partial charge >= 0.3 is 0 Å². The second kappa shape index (κ2) is 8.02. The molecule has 21 heavy (non-hydrogen) atoms. The van der Waals surface area contributed by atoms with Crippen molar-refractivity contribution in [1.82, 2.24) is 4.98 Å². The van der Waals surface area contributed by atoms with Gasteiger partial charge in [0.2, 0.25) is 6.33 Å². The maximum atomic E-state index is 3.21. The van der Waals surface area contributed by atoms with Gasteiger partial charge in [0.25, 0.3) is 0 Å². The maximum Gasteiger partial charge on any atom is 0.241 e. The monoisotopic (exact) mass is 285 g/mol. The zero-order chi connectivity index (χ0) is 15.1. The Morgan fingerprint density at radius 1 is 1.14 bits per heavy atom. The number of rotatable bonds is 8. The van der Waals surface area contributed by atoms with Gasteiger partial charge in [-0.1, -0.05) is 57.5 Å². The van der Waals surface area contributed by atoms with Gasteiger partial charge in [-0.2, -0.15) is 0 Å². The molecule has 0 amide bonds. The molecule has 2 rings (SSSR count). The van der Waals surface area contributed by atoms with Crippen molar-refractivity contribution < 1.29 is 4.57 Å². The molecule has 0 saturated carbocycles. The molecule has 0 spiro atoms. The number of imidazole rings is 1. The van der Waals surface area contributed by atoms with Crippen LogP contribution in [0.2, 0.25) is 0 Å². The number of nitrogens with zero attached hydrogens (tertiary/aromatic N) is 1. The van der Waals surface area contributed by atoms with Gasteiger partial charge < -0.3 is 0 Å². The summed E-state index contributed by atoms with van der Waals surface area (Å²) >= 11 is 0. The number of hydrogen-bond acceptors (Lipinski definition) is 0. The molecule has 0 radical (unpaired) electrons. The second-order valence-electron chi connectivity index (χ2n) is 6.37. The van der Waals surface area contributed by atoms with E-state index in [9.17, 15) is 0 Å². The second-order valence-corrected chi connectivity index (χ2v) is 6.37. The minimum Gasteiger partial charge on any atom is -0.250 e. The standard InChI is InChI=1S/C19H28N2/c1-4-5-11-19(21-13-12-20-15-21)18(16(2)3)14-17-9-7-6-8-10-17/h6-10,12-13,15-16,18-19H,4-5,11,14H2,1-3H3/p+1. The molecule has 1 N–H and O–H groups in total. The molecule has 0 aliphatic heterocycles. The molecule has 1 aromatic heterocycles. The molecule has 0 aliphatic rings. The van der Waals surface area contributed by atoms with Gasteiger partial charge in [-0.05, 0) is 30.7 Å². The number of unbranched alkanes of at least 4 members (excludes halogenated alkanes) is 1. The lowest BCUT2D eigenvalue weighted by Gasteiger charge is -2.28. The van der Waals surface area contributed by atoms with Crippen LogP contribution in [-0.2, 0) is 6.42 Å². The molecule has 0 bridgehead atoms. The molecule has 1 aromatic carbocycles. The fourth-order valence-electron chi connectivity index (χ4n) is 3.21. The lowest BCUT2D eigenvalue weighted by atomic mass is 9.81. The first-order valence-electron chi connectivity index (χ1n) is 8.29. The summed E-state index contributed by atoms with van der Waals surface area (Å²) in [5, 5.41) is 0. The number of hydrogen-bond donors (Lipinski definition) is 1. The van der Waals surface area contributed by atoms with E-state index in [1.54, 1.807) is 0 Å². The number of aromatic amines is 1. The van der Waals surface area contributed by atoms with Crippen LogP contribution in [0.4, 0.5) is 0 Å². The molecule has 0 saturated heterocycles. The van der Waals surface area contributed by atoms with E-state index < -0.39 is 0 Å². The molecule has 114 valence electrons. The Morgan fingerprint density at radius 3 is 2.48 bits per heavy atom. The predicted molar refractivity (Wildman–Crippen MR) is 88.0 cm³/mol. The van der Waals surface area contributed by atoms with Crippen LogP contribution in [0.25, 0.3) is 0 Å². The van der Waals surface area contributed by atoms with Crippen molar-refractivity contribution in [3.63, 3.8) is 0 Å². The number of H-pyrrole nitrogens is 1. The maximum absolute atomic E-state index is 3.21. The third kappa shape index (κ3) is 4.45. The number of nitrogens with one attached hydrogen (secondary N) is 1. The fraction of sp³-hybridized carbons (Fsp3) is 0.526. The van der Waals surface area contributed by atoms with Crippen LogP contribution in [0.15, 0.2) is 49.1 Å². The summed E-state index contributed by atoms with van der Waals surface area (Å²) in [5.74, 6) is 1.34. The van der Waals surface area contributed by atoms with E-state index in [1.807, 2.05) is 6.20 Å². The normalized spacial score (nSPS) is 14.3. The largest absolute Gasteiger partial charge is 0.250 e. The van der Waals surface area contributed by atoms with E-state index in [1.165, 1.54) is 24.8 Å². The minimum absolute atomic E-state index is 0.580. The third-order valence-electron chi connectivity index (χ3n) is 4.47. The lowest BCUT2D eigenvalue weighted by molar-refractivity contribution is -0.731. The van der Waals surface area contributed by atoms with Crippen molar-refractivity contribution in [2.24, 2.45) is 11.8 Å². The first-order valence-corrected chi connectivity index (χ1v) is 8.29. The van der Waals surface area contributed by atoms with Gasteiger partial charge in [0.1, 0.15) is 18.4 Å². The average Bonchev–Trinajstić information content (AvgIpc) is 3.01. The quantitative estimate of drug-likeness (QED) is 0.687. The van der Waals surface area contributed by atoms with Crippen LogP contribution in [0.3, 0.4) is 0 Å². The third-order valence-corrected chi connectivity index (χ3v) is 4.47. The summed E-state index contributed by atoms with van der Waals surface area (Å²) in [4.78, 5) is 3.21. The van der Waals surface area contributed by atoms with E-state index in [0.29, 0.717) is 17.9 Å². The summed E-state index contributed by atoms with van der Waals surface area (Å²) in [6.07, 6.45) is 11.3. The highest BCUT2D eigenvalue weighted by Crippen LogP contribution is 2.29. The lowest BCUT2D eigenvalue weighted by Crippen LogP contribution is -2.44. The SMILES string of the molecule is CCCCC(C(Cc1ccccc1)C(C)C)[n+]1cc[nH]c1. The molecule has 2 aromatic rings. The molecule has 2 unspecified atom stereocenters. The summed E-state index contributed by atoms with van der Waals surface area (Å²) in [5.41, 5.74) is 1.45. The highest BCUT2D eigenvalue weighted by molar-refractivity contribution is 5.15. The van der Waals surface area contributed by atoms with E-state index in [2.05, 4.69) is 73.2 Å². The van der Waals surface area contributed by atoms with Crippen LogP contribution in [-0.4, -0.2) is 4.98 Å². The zero-order valence-electron chi connectivity index (χ0n) is 13.6. The summed E-state index contributed by atoms with van der Waals surface area (Å²) in [6, 6.07) is 11.5. The van der Waals surface area contributed by atoms with Crippen LogP contribution in [0.5, 0.6) is 0 Å². The van der Waals surface area contributed by atoms with Crippen LogP contribution >= 0.6 is 0 Å². The van der Waals surface area contributed by atoms with Crippen LogP contribution in [0, 0.1) is 11.8 Å². The Balaban J connectivity index is 2.19. The molecular weight excluding hydrogens is 256 g/mol. The molecule has 1 heterocycles. The van der Waals surface area contributed by atoms with E-state index in [4.69, 9.17) is 0 Å². The van der Waals surface area contributed by atoms with Gasteiger partial charge in [-0.25, -0.2) is 4.57 Å². The van der Waals surface area contributed by atoms with Crippen molar-refractivity contribution in [2.45, 2.75) is 52.5 Å². The fourth-order valence-corrected chi connectivity index (χ4v) is 3.21. The van der Waals surface area contributed by atoms with Gasteiger partial charge in [-0.3, -0.25) is 4.98 Å². The summed E-state index contributed by atoms with van der Waals surface area (Å²) < 4.78 is 2.38. The Morgan fingerprint density at radius 2 is 1.90 bits per heavy atom. The Kier molecular flexibility index (Phi) is 6.04. The molecule has 2 atom stereocenters. The van der Waals surface area contributed by atoms with Crippen molar-refractivity contribution in [1.29, 1.82) is 0 Å². The van der Waals surface area contributed by atoms with Crippen molar-refractivity contribution in [3.8, 4) is 0 Å².